The summed E-state index contributed by atoms with van der Waals surface area (Å²) in [6.07, 6.45) is 3.71. The highest BCUT2D eigenvalue weighted by atomic mass is 35.5. The summed E-state index contributed by atoms with van der Waals surface area (Å²) >= 11 is 0. The molecule has 7 heteroatoms. The lowest BCUT2D eigenvalue weighted by Crippen LogP contribution is -2.50. The van der Waals surface area contributed by atoms with Crippen LogP contribution in [0.5, 0.6) is 0 Å². The number of hydrogen-bond donors (Lipinski definition) is 3. The number of aryl methyl sites for hydroxylation is 1. The normalized spacial score (nSPS) is 21.4. The first-order chi connectivity index (χ1) is 9.00. The van der Waals surface area contributed by atoms with Gasteiger partial charge in [-0.1, -0.05) is 13.8 Å². The van der Waals surface area contributed by atoms with Crippen LogP contribution in [-0.4, -0.2) is 40.3 Å². The SMILES string of the molecule is Cc1ncc(C(C)C)c(NCC2(O)CCCNC2)n1.Cl.Cl. The van der Waals surface area contributed by atoms with E-state index in [4.69, 9.17) is 0 Å². The van der Waals surface area contributed by atoms with Crippen molar-refractivity contribution in [1.29, 1.82) is 0 Å². The van der Waals surface area contributed by atoms with Gasteiger partial charge in [0.2, 0.25) is 0 Å². The Morgan fingerprint density at radius 1 is 1.43 bits per heavy atom. The zero-order valence-corrected chi connectivity index (χ0v) is 14.5. The van der Waals surface area contributed by atoms with E-state index in [1.54, 1.807) is 0 Å². The predicted molar refractivity (Wildman–Crippen MR) is 90.9 cm³/mol. The Morgan fingerprint density at radius 2 is 2.14 bits per heavy atom. The lowest BCUT2D eigenvalue weighted by atomic mass is 9.94. The fourth-order valence-electron chi connectivity index (χ4n) is 2.39. The maximum Gasteiger partial charge on any atom is 0.133 e. The molecular formula is C14H26Cl2N4O. The monoisotopic (exact) mass is 336 g/mol. The average molecular weight is 337 g/mol. The second kappa shape index (κ2) is 8.73. The molecule has 0 bridgehead atoms. The van der Waals surface area contributed by atoms with Crippen molar-refractivity contribution in [2.45, 2.75) is 45.1 Å². The minimum Gasteiger partial charge on any atom is -0.387 e. The number of piperidine rings is 1. The number of nitrogens with one attached hydrogen (secondary N) is 2. The minimum absolute atomic E-state index is 0. The molecule has 0 aromatic carbocycles. The minimum atomic E-state index is -0.675. The van der Waals surface area contributed by atoms with Crippen LogP contribution >= 0.6 is 24.8 Å². The van der Waals surface area contributed by atoms with Gasteiger partial charge in [-0.2, -0.15) is 0 Å². The molecule has 1 unspecified atom stereocenters. The second-order valence-corrected chi connectivity index (χ2v) is 5.73. The van der Waals surface area contributed by atoms with Gasteiger partial charge in [-0.15, -0.1) is 24.8 Å². The highest BCUT2D eigenvalue weighted by molar-refractivity contribution is 5.85. The molecule has 1 fully saturated rings. The molecule has 2 rings (SSSR count). The highest BCUT2D eigenvalue weighted by Crippen LogP contribution is 2.23. The molecule has 1 atom stereocenters. The standard InChI is InChI=1S/C14H24N4O.2ClH/c1-10(2)12-7-16-11(3)18-13(12)17-9-14(19)5-4-6-15-8-14;;/h7,10,15,19H,4-6,8-9H2,1-3H3,(H,16,17,18);2*1H. The van der Waals surface area contributed by atoms with E-state index >= 15 is 0 Å². The van der Waals surface area contributed by atoms with Crippen molar-refractivity contribution in [1.82, 2.24) is 15.3 Å². The highest BCUT2D eigenvalue weighted by Gasteiger charge is 2.29. The van der Waals surface area contributed by atoms with Crippen molar-refractivity contribution >= 4 is 30.6 Å². The van der Waals surface area contributed by atoms with Crippen molar-refractivity contribution in [2.75, 3.05) is 25.0 Å². The van der Waals surface area contributed by atoms with Crippen LogP contribution in [0.15, 0.2) is 6.20 Å². The molecule has 1 aliphatic heterocycles. The summed E-state index contributed by atoms with van der Waals surface area (Å²) in [7, 11) is 0. The smallest absolute Gasteiger partial charge is 0.133 e. The third kappa shape index (κ3) is 5.58. The maximum atomic E-state index is 10.5. The maximum absolute atomic E-state index is 10.5. The topological polar surface area (TPSA) is 70.1 Å². The van der Waals surface area contributed by atoms with Gasteiger partial charge in [0, 0.05) is 24.8 Å². The molecule has 0 amide bonds. The van der Waals surface area contributed by atoms with E-state index in [0.29, 0.717) is 19.0 Å². The second-order valence-electron chi connectivity index (χ2n) is 5.73. The number of aromatic nitrogens is 2. The van der Waals surface area contributed by atoms with Crippen molar-refractivity contribution in [2.24, 2.45) is 0 Å². The molecule has 1 saturated heterocycles. The van der Waals surface area contributed by atoms with Crippen molar-refractivity contribution in [3.05, 3.63) is 17.6 Å². The van der Waals surface area contributed by atoms with Crippen molar-refractivity contribution in [3.8, 4) is 0 Å². The Balaban J connectivity index is 0.00000200. The molecule has 0 radical (unpaired) electrons. The van der Waals surface area contributed by atoms with Crippen molar-refractivity contribution in [3.63, 3.8) is 0 Å². The summed E-state index contributed by atoms with van der Waals surface area (Å²) in [5.41, 5.74) is 0.420. The van der Waals surface area contributed by atoms with Gasteiger partial charge in [-0.25, -0.2) is 9.97 Å². The molecule has 3 N–H and O–H groups in total. The largest absolute Gasteiger partial charge is 0.387 e. The number of rotatable bonds is 4. The van der Waals surface area contributed by atoms with E-state index < -0.39 is 5.60 Å². The van der Waals surface area contributed by atoms with E-state index in [0.717, 1.165) is 36.6 Å². The fourth-order valence-corrected chi connectivity index (χ4v) is 2.39. The fraction of sp³-hybridized carbons (Fsp3) is 0.714. The average Bonchev–Trinajstić information content (AvgIpc) is 2.37. The molecule has 21 heavy (non-hydrogen) atoms. The Hall–Kier alpha value is -0.620. The summed E-state index contributed by atoms with van der Waals surface area (Å²) in [6.45, 7) is 8.28. The van der Waals surface area contributed by atoms with Gasteiger partial charge in [0.05, 0.1) is 5.60 Å². The number of β-amino-alcohol motifs (C(OH)–C–C–N with tert-alkyl or cyclic N) is 1. The molecule has 0 saturated carbocycles. The molecule has 5 nitrogen and oxygen atoms in total. The number of hydrogen-bond acceptors (Lipinski definition) is 5. The van der Waals surface area contributed by atoms with E-state index in [2.05, 4.69) is 34.4 Å². The van der Waals surface area contributed by atoms with Crippen LogP contribution in [-0.2, 0) is 0 Å². The molecule has 1 aliphatic rings. The van der Waals surface area contributed by atoms with E-state index in [-0.39, 0.29) is 24.8 Å². The van der Waals surface area contributed by atoms with Gasteiger partial charge in [0.25, 0.3) is 0 Å². The Bertz CT molecular complexity index is 437. The van der Waals surface area contributed by atoms with Crippen LogP contribution in [0.4, 0.5) is 5.82 Å². The lowest BCUT2D eigenvalue weighted by molar-refractivity contribution is 0.0291. The van der Waals surface area contributed by atoms with Crippen LogP contribution in [0.25, 0.3) is 0 Å². The summed E-state index contributed by atoms with van der Waals surface area (Å²) < 4.78 is 0. The Kier molecular flexibility index (Phi) is 8.48. The van der Waals surface area contributed by atoms with Gasteiger partial charge in [0.1, 0.15) is 11.6 Å². The van der Waals surface area contributed by atoms with Gasteiger partial charge in [-0.3, -0.25) is 0 Å². The predicted octanol–water partition coefficient (Wildman–Crippen LogP) is 2.28. The molecule has 0 spiro atoms. The first-order valence-corrected chi connectivity index (χ1v) is 7.01. The Morgan fingerprint density at radius 3 is 2.71 bits per heavy atom. The van der Waals surface area contributed by atoms with Crippen LogP contribution in [0, 0.1) is 6.92 Å². The first kappa shape index (κ1) is 20.4. The number of nitrogens with zero attached hydrogens (tertiary/aromatic N) is 2. The number of anilines is 1. The Labute approximate surface area is 139 Å². The molecule has 0 aliphatic carbocycles. The van der Waals surface area contributed by atoms with Gasteiger partial charge in [-0.05, 0) is 32.2 Å². The summed E-state index contributed by atoms with van der Waals surface area (Å²) in [6, 6.07) is 0. The van der Waals surface area contributed by atoms with Gasteiger partial charge >= 0.3 is 0 Å². The molecule has 1 aromatic heterocycles. The van der Waals surface area contributed by atoms with E-state index in [1.807, 2.05) is 13.1 Å². The van der Waals surface area contributed by atoms with Gasteiger partial charge in [0.15, 0.2) is 0 Å². The zero-order valence-electron chi connectivity index (χ0n) is 12.8. The quantitative estimate of drug-likeness (QED) is 0.786. The van der Waals surface area contributed by atoms with Crippen LogP contribution < -0.4 is 10.6 Å². The van der Waals surface area contributed by atoms with E-state index in [1.165, 1.54) is 0 Å². The molecule has 2 heterocycles. The zero-order chi connectivity index (χ0) is 13.9. The van der Waals surface area contributed by atoms with Crippen LogP contribution in [0.2, 0.25) is 0 Å². The van der Waals surface area contributed by atoms with E-state index in [9.17, 15) is 5.11 Å². The molecule has 1 aromatic rings. The third-order valence-corrected chi connectivity index (χ3v) is 3.59. The van der Waals surface area contributed by atoms with Crippen molar-refractivity contribution < 1.29 is 5.11 Å². The molecular weight excluding hydrogens is 311 g/mol. The summed E-state index contributed by atoms with van der Waals surface area (Å²) in [5.74, 6) is 1.96. The van der Waals surface area contributed by atoms with Crippen LogP contribution in [0.1, 0.15) is 44.0 Å². The summed E-state index contributed by atoms with van der Waals surface area (Å²) in [5, 5.41) is 17.0. The number of aliphatic hydroxyl groups is 1. The third-order valence-electron chi connectivity index (χ3n) is 3.59. The first-order valence-electron chi connectivity index (χ1n) is 7.01. The van der Waals surface area contributed by atoms with Crippen LogP contribution in [0.3, 0.4) is 0 Å². The summed E-state index contributed by atoms with van der Waals surface area (Å²) in [4.78, 5) is 8.70. The molecule has 122 valence electrons. The van der Waals surface area contributed by atoms with Gasteiger partial charge < -0.3 is 15.7 Å². The number of halogens is 2. The lowest BCUT2D eigenvalue weighted by Gasteiger charge is -2.33.